The van der Waals surface area contributed by atoms with Gasteiger partial charge >= 0.3 is 0 Å². The van der Waals surface area contributed by atoms with Crippen LogP contribution in [-0.2, 0) is 22.4 Å². The molecule has 6 heteroatoms. The molecule has 0 aliphatic carbocycles. The summed E-state index contributed by atoms with van der Waals surface area (Å²) in [4.78, 5) is 25.3. The number of carbonyl (C=O) groups excluding carboxylic acids is 1. The summed E-state index contributed by atoms with van der Waals surface area (Å²) in [6, 6.07) is 0. The normalized spacial score (nSPS) is 20.9. The lowest BCUT2D eigenvalue weighted by molar-refractivity contribution is -0.128. The molecule has 0 atom stereocenters. The lowest BCUT2D eigenvalue weighted by Gasteiger charge is -2.39. The van der Waals surface area contributed by atoms with E-state index < -0.39 is 0 Å². The third kappa shape index (κ3) is 3.47. The molecular formula is C17H26N4O2. The van der Waals surface area contributed by atoms with Gasteiger partial charge in [0.1, 0.15) is 11.6 Å². The van der Waals surface area contributed by atoms with Crippen molar-refractivity contribution in [2.45, 2.75) is 46.1 Å². The van der Waals surface area contributed by atoms with Gasteiger partial charge in [0, 0.05) is 45.1 Å². The van der Waals surface area contributed by atoms with Crippen LogP contribution < -0.4 is 4.90 Å². The van der Waals surface area contributed by atoms with E-state index in [4.69, 9.17) is 9.72 Å². The predicted molar refractivity (Wildman–Crippen MR) is 88.7 cm³/mol. The van der Waals surface area contributed by atoms with Gasteiger partial charge in [-0.25, -0.2) is 9.97 Å². The highest BCUT2D eigenvalue weighted by Crippen LogP contribution is 2.28. The summed E-state index contributed by atoms with van der Waals surface area (Å²) in [5, 5.41) is 0. The average Bonchev–Trinajstić information content (AvgIpc) is 2.67. The van der Waals surface area contributed by atoms with Crippen LogP contribution >= 0.6 is 0 Å². The van der Waals surface area contributed by atoms with Gasteiger partial charge in [0.05, 0.1) is 17.9 Å². The van der Waals surface area contributed by atoms with Gasteiger partial charge in [-0.05, 0) is 27.2 Å². The van der Waals surface area contributed by atoms with Crippen molar-refractivity contribution >= 4 is 11.7 Å². The Kier molecular flexibility index (Phi) is 4.27. The van der Waals surface area contributed by atoms with Gasteiger partial charge in [-0.15, -0.1) is 0 Å². The van der Waals surface area contributed by atoms with Crippen LogP contribution in [0.1, 0.15) is 37.9 Å². The van der Waals surface area contributed by atoms with Crippen LogP contribution in [-0.4, -0.2) is 59.2 Å². The van der Waals surface area contributed by atoms with E-state index in [0.29, 0.717) is 6.61 Å². The number of nitrogens with zero attached hydrogens (tertiary/aromatic N) is 4. The lowest BCUT2D eigenvalue weighted by Crippen LogP contribution is -2.49. The minimum Gasteiger partial charge on any atom is -0.372 e. The number of hydrogen-bond donors (Lipinski definition) is 0. The molecule has 1 saturated heterocycles. The zero-order valence-corrected chi connectivity index (χ0v) is 14.6. The number of fused-ring (bicyclic) bond motifs is 1. The highest BCUT2D eigenvalue weighted by atomic mass is 16.5. The maximum Gasteiger partial charge on any atom is 0.219 e. The molecule has 0 bridgehead atoms. The number of ether oxygens (including phenoxy) is 1. The third-order valence-corrected chi connectivity index (χ3v) is 4.60. The Morgan fingerprint density at radius 3 is 2.61 bits per heavy atom. The SMILES string of the molecule is CC(=O)N1CCc2nc(C)nc(N3CCOC(C)(C)C3)c2CC1. The summed E-state index contributed by atoms with van der Waals surface area (Å²) in [5.41, 5.74) is 2.14. The topological polar surface area (TPSA) is 58.6 Å². The second kappa shape index (κ2) is 6.07. The number of aryl methyl sites for hydroxylation is 1. The molecule has 2 aliphatic rings. The van der Waals surface area contributed by atoms with Crippen molar-refractivity contribution < 1.29 is 9.53 Å². The van der Waals surface area contributed by atoms with Gasteiger partial charge < -0.3 is 14.5 Å². The van der Waals surface area contributed by atoms with E-state index in [1.54, 1.807) is 6.92 Å². The highest BCUT2D eigenvalue weighted by Gasteiger charge is 2.31. The van der Waals surface area contributed by atoms with Crippen molar-refractivity contribution in [1.29, 1.82) is 0 Å². The summed E-state index contributed by atoms with van der Waals surface area (Å²) in [7, 11) is 0. The van der Waals surface area contributed by atoms with E-state index in [9.17, 15) is 4.79 Å². The molecule has 23 heavy (non-hydrogen) atoms. The Morgan fingerprint density at radius 1 is 1.17 bits per heavy atom. The molecule has 2 aliphatic heterocycles. The standard InChI is InChI=1S/C17H26N4O2/c1-12-18-15-6-8-20(13(2)22)7-5-14(15)16(19-12)21-9-10-23-17(3,4)11-21/h5-11H2,1-4H3. The Bertz CT molecular complexity index is 615. The Hall–Kier alpha value is -1.69. The summed E-state index contributed by atoms with van der Waals surface area (Å²) >= 11 is 0. The molecule has 126 valence electrons. The number of morpholine rings is 1. The minimum atomic E-state index is -0.167. The van der Waals surface area contributed by atoms with E-state index in [0.717, 1.165) is 56.4 Å². The van der Waals surface area contributed by atoms with E-state index in [-0.39, 0.29) is 11.5 Å². The maximum absolute atomic E-state index is 11.7. The van der Waals surface area contributed by atoms with Crippen molar-refractivity contribution in [1.82, 2.24) is 14.9 Å². The predicted octanol–water partition coefficient (Wildman–Crippen LogP) is 1.35. The molecular weight excluding hydrogens is 292 g/mol. The van der Waals surface area contributed by atoms with Crippen molar-refractivity contribution in [3.8, 4) is 0 Å². The third-order valence-electron chi connectivity index (χ3n) is 4.60. The summed E-state index contributed by atoms with van der Waals surface area (Å²) < 4.78 is 5.83. The van der Waals surface area contributed by atoms with Crippen LogP contribution in [0.3, 0.4) is 0 Å². The van der Waals surface area contributed by atoms with Crippen LogP contribution in [0, 0.1) is 6.92 Å². The number of carbonyl (C=O) groups is 1. The molecule has 3 heterocycles. The summed E-state index contributed by atoms with van der Waals surface area (Å²) in [6.07, 6.45) is 1.63. The molecule has 1 aromatic heterocycles. The van der Waals surface area contributed by atoms with Crippen molar-refractivity contribution in [3.05, 3.63) is 17.1 Å². The molecule has 0 saturated carbocycles. The number of hydrogen-bond acceptors (Lipinski definition) is 5. The first-order chi connectivity index (χ1) is 10.9. The van der Waals surface area contributed by atoms with Gasteiger partial charge in [-0.1, -0.05) is 0 Å². The van der Waals surface area contributed by atoms with E-state index in [1.165, 1.54) is 5.56 Å². The van der Waals surface area contributed by atoms with Crippen LogP contribution in [0.2, 0.25) is 0 Å². The quantitative estimate of drug-likeness (QED) is 0.782. The average molecular weight is 318 g/mol. The number of amides is 1. The van der Waals surface area contributed by atoms with Crippen molar-refractivity contribution in [2.75, 3.05) is 37.7 Å². The van der Waals surface area contributed by atoms with Crippen LogP contribution in [0.5, 0.6) is 0 Å². The first-order valence-electron chi connectivity index (χ1n) is 8.36. The fourth-order valence-electron chi connectivity index (χ4n) is 3.47. The lowest BCUT2D eigenvalue weighted by atomic mass is 10.0. The van der Waals surface area contributed by atoms with Crippen LogP contribution in [0.25, 0.3) is 0 Å². The second-order valence-corrected chi connectivity index (χ2v) is 7.06. The molecule has 0 N–H and O–H groups in total. The summed E-state index contributed by atoms with van der Waals surface area (Å²) in [5.74, 6) is 1.98. The number of rotatable bonds is 1. The first kappa shape index (κ1) is 16.2. The second-order valence-electron chi connectivity index (χ2n) is 7.06. The Morgan fingerprint density at radius 2 is 1.91 bits per heavy atom. The molecule has 1 amide bonds. The number of aromatic nitrogens is 2. The monoisotopic (exact) mass is 318 g/mol. The van der Waals surface area contributed by atoms with E-state index in [1.807, 2.05) is 11.8 Å². The molecule has 1 fully saturated rings. The molecule has 1 aromatic rings. The summed E-state index contributed by atoms with van der Waals surface area (Å²) in [6.45, 7) is 11.7. The van der Waals surface area contributed by atoms with Crippen molar-refractivity contribution in [3.63, 3.8) is 0 Å². The molecule has 0 spiro atoms. The van der Waals surface area contributed by atoms with Gasteiger partial charge in [0.15, 0.2) is 0 Å². The van der Waals surface area contributed by atoms with Gasteiger partial charge in [0.2, 0.25) is 5.91 Å². The molecule has 0 unspecified atom stereocenters. The molecule has 0 aromatic carbocycles. The fourth-order valence-corrected chi connectivity index (χ4v) is 3.47. The number of anilines is 1. The molecule has 3 rings (SSSR count). The minimum absolute atomic E-state index is 0.136. The Balaban J connectivity index is 1.93. The van der Waals surface area contributed by atoms with E-state index in [2.05, 4.69) is 23.7 Å². The smallest absolute Gasteiger partial charge is 0.219 e. The first-order valence-corrected chi connectivity index (χ1v) is 8.36. The molecule has 6 nitrogen and oxygen atoms in total. The van der Waals surface area contributed by atoms with Gasteiger partial charge in [-0.3, -0.25) is 4.79 Å². The molecule has 0 radical (unpaired) electrons. The maximum atomic E-state index is 11.7. The zero-order chi connectivity index (χ0) is 16.6. The van der Waals surface area contributed by atoms with Gasteiger partial charge in [0.25, 0.3) is 0 Å². The van der Waals surface area contributed by atoms with Crippen LogP contribution in [0.4, 0.5) is 5.82 Å². The highest BCUT2D eigenvalue weighted by molar-refractivity contribution is 5.73. The van der Waals surface area contributed by atoms with Crippen LogP contribution in [0.15, 0.2) is 0 Å². The van der Waals surface area contributed by atoms with Crippen molar-refractivity contribution in [2.24, 2.45) is 0 Å². The Labute approximate surface area is 137 Å². The largest absolute Gasteiger partial charge is 0.372 e. The zero-order valence-electron chi connectivity index (χ0n) is 14.6. The van der Waals surface area contributed by atoms with E-state index >= 15 is 0 Å². The van der Waals surface area contributed by atoms with Gasteiger partial charge in [-0.2, -0.15) is 0 Å². The fraction of sp³-hybridized carbons (Fsp3) is 0.706.